The van der Waals surface area contributed by atoms with Crippen molar-refractivity contribution in [2.24, 2.45) is 0 Å². The van der Waals surface area contributed by atoms with Crippen LogP contribution in [0.4, 0.5) is 5.69 Å². The molecular formula is C11H12N4O2. The number of rotatable bonds is 3. The first-order valence-corrected chi connectivity index (χ1v) is 5.16. The fraction of sp³-hybridized carbons (Fsp3) is 0.182. The van der Waals surface area contributed by atoms with E-state index in [1.807, 2.05) is 0 Å². The van der Waals surface area contributed by atoms with Crippen LogP contribution in [0.2, 0.25) is 0 Å². The number of carbonyl (C=O) groups excluding carboxylic acids is 1. The van der Waals surface area contributed by atoms with Crippen LogP contribution < -0.4 is 5.73 Å². The lowest BCUT2D eigenvalue weighted by Crippen LogP contribution is -2.04. The van der Waals surface area contributed by atoms with Gasteiger partial charge in [-0.1, -0.05) is 5.21 Å². The zero-order valence-corrected chi connectivity index (χ0v) is 9.33. The molecule has 2 N–H and O–H groups in total. The van der Waals surface area contributed by atoms with Gasteiger partial charge in [0.1, 0.15) is 0 Å². The second-order valence-electron chi connectivity index (χ2n) is 3.36. The highest BCUT2D eigenvalue weighted by molar-refractivity contribution is 5.86. The van der Waals surface area contributed by atoms with E-state index in [2.05, 4.69) is 10.3 Å². The number of nitrogens with zero attached hydrogens (tertiary/aromatic N) is 3. The summed E-state index contributed by atoms with van der Waals surface area (Å²) in [7, 11) is 0. The summed E-state index contributed by atoms with van der Waals surface area (Å²) in [6.07, 6.45) is 1.52. The maximum atomic E-state index is 11.4. The van der Waals surface area contributed by atoms with Crippen molar-refractivity contribution in [2.75, 3.05) is 12.3 Å². The normalized spacial score (nSPS) is 10.2. The number of nitrogens with two attached hydrogens (primary N) is 1. The Hall–Kier alpha value is -2.37. The molecule has 17 heavy (non-hydrogen) atoms. The van der Waals surface area contributed by atoms with Gasteiger partial charge in [0.05, 0.1) is 18.5 Å². The molecule has 0 atom stereocenters. The topological polar surface area (TPSA) is 83.0 Å². The van der Waals surface area contributed by atoms with Gasteiger partial charge in [-0.05, 0) is 31.2 Å². The zero-order chi connectivity index (χ0) is 12.3. The van der Waals surface area contributed by atoms with Crippen molar-refractivity contribution in [3.63, 3.8) is 0 Å². The number of hydrogen-bond acceptors (Lipinski definition) is 5. The number of benzene rings is 1. The number of ether oxygens (including phenoxy) is 1. The molecule has 1 aromatic carbocycles. The van der Waals surface area contributed by atoms with Crippen LogP contribution in [0, 0.1) is 0 Å². The molecule has 88 valence electrons. The summed E-state index contributed by atoms with van der Waals surface area (Å²) >= 11 is 0. The molecule has 0 fully saturated rings. The Bertz CT molecular complexity index is 519. The Kier molecular flexibility index (Phi) is 3.04. The van der Waals surface area contributed by atoms with Crippen molar-refractivity contribution in [3.8, 4) is 5.69 Å². The molecule has 0 unspecified atom stereocenters. The molecule has 6 nitrogen and oxygen atoms in total. The van der Waals surface area contributed by atoms with Crippen molar-refractivity contribution >= 4 is 11.7 Å². The molecule has 2 rings (SSSR count). The van der Waals surface area contributed by atoms with E-state index in [-0.39, 0.29) is 5.69 Å². The van der Waals surface area contributed by atoms with Gasteiger partial charge >= 0.3 is 5.97 Å². The minimum absolute atomic E-state index is 0.184. The number of carbonyl (C=O) groups is 1. The van der Waals surface area contributed by atoms with Crippen molar-refractivity contribution in [1.29, 1.82) is 0 Å². The minimum Gasteiger partial charge on any atom is -0.461 e. The smallest absolute Gasteiger partial charge is 0.360 e. The van der Waals surface area contributed by atoms with Gasteiger partial charge in [-0.15, -0.1) is 5.10 Å². The third-order valence-electron chi connectivity index (χ3n) is 2.14. The first kappa shape index (κ1) is 11.1. The molecule has 1 heterocycles. The highest BCUT2D eigenvalue weighted by Crippen LogP contribution is 2.10. The Morgan fingerprint density at radius 2 is 2.12 bits per heavy atom. The summed E-state index contributed by atoms with van der Waals surface area (Å²) in [5.74, 6) is -0.478. The number of esters is 1. The first-order valence-electron chi connectivity index (χ1n) is 5.16. The second kappa shape index (κ2) is 4.65. The Balaban J connectivity index is 2.23. The molecule has 0 saturated carbocycles. The van der Waals surface area contributed by atoms with Crippen LogP contribution in [0.3, 0.4) is 0 Å². The van der Waals surface area contributed by atoms with Crippen molar-refractivity contribution in [1.82, 2.24) is 15.0 Å². The average molecular weight is 232 g/mol. The summed E-state index contributed by atoms with van der Waals surface area (Å²) in [5, 5.41) is 7.59. The predicted octanol–water partition coefficient (Wildman–Crippen LogP) is 1.03. The number of nitrogen functional groups attached to an aromatic ring is 1. The van der Waals surface area contributed by atoms with Gasteiger partial charge in [0.2, 0.25) is 0 Å². The lowest BCUT2D eigenvalue weighted by atomic mass is 10.3. The van der Waals surface area contributed by atoms with Crippen molar-refractivity contribution in [2.45, 2.75) is 6.92 Å². The molecule has 0 aliphatic heterocycles. The van der Waals surface area contributed by atoms with E-state index >= 15 is 0 Å². The van der Waals surface area contributed by atoms with Gasteiger partial charge in [0.15, 0.2) is 5.69 Å². The third-order valence-corrected chi connectivity index (χ3v) is 2.14. The lowest BCUT2D eigenvalue weighted by Gasteiger charge is -1.99. The summed E-state index contributed by atoms with van der Waals surface area (Å²) in [4.78, 5) is 11.4. The fourth-order valence-corrected chi connectivity index (χ4v) is 1.32. The van der Waals surface area contributed by atoms with Gasteiger partial charge in [-0.3, -0.25) is 0 Å². The monoisotopic (exact) mass is 232 g/mol. The molecule has 0 bridgehead atoms. The molecule has 0 aliphatic rings. The van der Waals surface area contributed by atoms with Crippen LogP contribution in [-0.4, -0.2) is 27.6 Å². The Labute approximate surface area is 98.0 Å². The molecule has 0 spiro atoms. The zero-order valence-electron chi connectivity index (χ0n) is 9.33. The van der Waals surface area contributed by atoms with E-state index in [1.54, 1.807) is 31.2 Å². The second-order valence-corrected chi connectivity index (χ2v) is 3.36. The van der Waals surface area contributed by atoms with Crippen molar-refractivity contribution in [3.05, 3.63) is 36.2 Å². The molecule has 2 aromatic rings. The standard InChI is InChI=1S/C11H12N4O2/c1-2-17-11(16)10-7-15(14-13-10)9-5-3-8(12)4-6-9/h3-7H,2,12H2,1H3. The van der Waals surface area contributed by atoms with Gasteiger partial charge < -0.3 is 10.5 Å². The SMILES string of the molecule is CCOC(=O)c1cn(-c2ccc(N)cc2)nn1. The molecular weight excluding hydrogens is 220 g/mol. The van der Waals surface area contributed by atoms with E-state index in [9.17, 15) is 4.79 Å². The Morgan fingerprint density at radius 1 is 1.41 bits per heavy atom. The van der Waals surface area contributed by atoms with E-state index in [1.165, 1.54) is 10.9 Å². The number of anilines is 1. The van der Waals surface area contributed by atoms with E-state index < -0.39 is 5.97 Å². The summed E-state index contributed by atoms with van der Waals surface area (Å²) in [5.41, 5.74) is 7.21. The highest BCUT2D eigenvalue weighted by Gasteiger charge is 2.11. The number of aromatic nitrogens is 3. The van der Waals surface area contributed by atoms with Crippen LogP contribution in [-0.2, 0) is 4.74 Å². The quantitative estimate of drug-likeness (QED) is 0.631. The molecule has 0 aliphatic carbocycles. The predicted molar refractivity (Wildman–Crippen MR) is 61.7 cm³/mol. The highest BCUT2D eigenvalue weighted by atomic mass is 16.5. The maximum Gasteiger partial charge on any atom is 0.360 e. The van der Waals surface area contributed by atoms with Crippen molar-refractivity contribution < 1.29 is 9.53 Å². The number of hydrogen-bond donors (Lipinski definition) is 1. The van der Waals surface area contributed by atoms with Gasteiger partial charge in [-0.25, -0.2) is 9.48 Å². The van der Waals surface area contributed by atoms with Crippen LogP contribution in [0.15, 0.2) is 30.5 Å². The van der Waals surface area contributed by atoms with E-state index in [0.717, 1.165) is 5.69 Å². The maximum absolute atomic E-state index is 11.4. The Morgan fingerprint density at radius 3 is 2.76 bits per heavy atom. The molecule has 1 aromatic heterocycles. The van der Waals surface area contributed by atoms with Gasteiger partial charge in [0, 0.05) is 5.69 Å². The molecule has 0 radical (unpaired) electrons. The minimum atomic E-state index is -0.478. The first-order chi connectivity index (χ1) is 8.20. The fourth-order valence-electron chi connectivity index (χ4n) is 1.32. The van der Waals surface area contributed by atoms with Gasteiger partial charge in [-0.2, -0.15) is 0 Å². The summed E-state index contributed by atoms with van der Waals surface area (Å²) in [6, 6.07) is 7.08. The molecule has 6 heteroatoms. The lowest BCUT2D eigenvalue weighted by molar-refractivity contribution is 0.0519. The van der Waals surface area contributed by atoms with Crippen LogP contribution >= 0.6 is 0 Å². The summed E-state index contributed by atoms with van der Waals surface area (Å²) in [6.45, 7) is 2.05. The van der Waals surface area contributed by atoms with Crippen LogP contribution in [0.5, 0.6) is 0 Å². The third kappa shape index (κ3) is 2.41. The van der Waals surface area contributed by atoms with Crippen LogP contribution in [0.25, 0.3) is 5.69 Å². The van der Waals surface area contributed by atoms with E-state index in [0.29, 0.717) is 12.3 Å². The molecule has 0 saturated heterocycles. The van der Waals surface area contributed by atoms with Gasteiger partial charge in [0.25, 0.3) is 0 Å². The average Bonchev–Trinajstić information content (AvgIpc) is 2.80. The largest absolute Gasteiger partial charge is 0.461 e. The van der Waals surface area contributed by atoms with Crippen LogP contribution in [0.1, 0.15) is 17.4 Å². The molecule has 0 amide bonds. The summed E-state index contributed by atoms with van der Waals surface area (Å²) < 4.78 is 6.31. The van der Waals surface area contributed by atoms with E-state index in [4.69, 9.17) is 10.5 Å².